The molecule has 2 amide bonds. The number of aromatic nitrogens is 2. The Morgan fingerprint density at radius 1 is 1.27 bits per heavy atom. The third-order valence-electron chi connectivity index (χ3n) is 7.52. The summed E-state index contributed by atoms with van der Waals surface area (Å²) in [5.74, 6) is -0.596. The van der Waals surface area contributed by atoms with Crippen LogP contribution < -0.4 is 4.74 Å². The fraction of sp³-hybridized carbons (Fsp3) is 0.357. The summed E-state index contributed by atoms with van der Waals surface area (Å²) in [7, 11) is 0. The van der Waals surface area contributed by atoms with E-state index in [-0.39, 0.29) is 53.9 Å². The normalized spacial score (nSPS) is 19.2. The van der Waals surface area contributed by atoms with E-state index in [2.05, 4.69) is 9.84 Å². The molecular weight excluding hydrogens is 544 g/mol. The van der Waals surface area contributed by atoms with Gasteiger partial charge >= 0.3 is 6.61 Å². The number of hydrogen-bond donors (Lipinski definition) is 1. The zero-order valence-electron chi connectivity index (χ0n) is 21.7. The SMILES string of the molecule is C[C@@H]1Cc2nn3c(c2CN1C(=O)c1ccc(Cl)c(C#N)c1)C(=O)N([C@@H](C)c1ccc(OC(F)F)cc1)C[C@H]3CO. The molecule has 5 rings (SSSR count). The zero-order valence-corrected chi connectivity index (χ0v) is 22.5. The van der Waals surface area contributed by atoms with Crippen LogP contribution in [0, 0.1) is 11.3 Å². The number of ether oxygens (including phenoxy) is 1. The van der Waals surface area contributed by atoms with Gasteiger partial charge in [0.05, 0.1) is 41.5 Å². The number of carbonyl (C=O) groups excluding carboxylic acids is 2. The lowest BCUT2D eigenvalue weighted by atomic mass is 9.96. The van der Waals surface area contributed by atoms with E-state index < -0.39 is 18.7 Å². The Kier molecular flexibility index (Phi) is 7.49. The second-order valence-electron chi connectivity index (χ2n) is 9.93. The molecule has 12 heteroatoms. The van der Waals surface area contributed by atoms with Gasteiger partial charge in [-0.2, -0.15) is 19.1 Å². The summed E-state index contributed by atoms with van der Waals surface area (Å²) < 4.78 is 31.1. The van der Waals surface area contributed by atoms with Crippen LogP contribution in [0.4, 0.5) is 8.78 Å². The van der Waals surface area contributed by atoms with Gasteiger partial charge in [-0.3, -0.25) is 14.3 Å². The number of amides is 2. The number of carbonyl (C=O) groups is 2. The fourth-order valence-corrected chi connectivity index (χ4v) is 5.49. The van der Waals surface area contributed by atoms with Crippen LogP contribution in [0.3, 0.4) is 0 Å². The summed E-state index contributed by atoms with van der Waals surface area (Å²) >= 11 is 6.04. The van der Waals surface area contributed by atoms with E-state index in [1.54, 1.807) is 32.7 Å². The first-order chi connectivity index (χ1) is 19.1. The molecule has 3 atom stereocenters. The van der Waals surface area contributed by atoms with Crippen molar-refractivity contribution in [3.8, 4) is 11.8 Å². The van der Waals surface area contributed by atoms with Gasteiger partial charge in [-0.15, -0.1) is 0 Å². The minimum atomic E-state index is -2.94. The number of halogens is 3. The monoisotopic (exact) mass is 569 g/mol. The van der Waals surface area contributed by atoms with E-state index in [1.165, 1.54) is 24.3 Å². The predicted molar refractivity (Wildman–Crippen MR) is 140 cm³/mol. The lowest BCUT2D eigenvalue weighted by Crippen LogP contribution is -2.46. The summed E-state index contributed by atoms with van der Waals surface area (Å²) in [5.41, 5.74) is 2.82. The Balaban J connectivity index is 1.46. The van der Waals surface area contributed by atoms with Crippen LogP contribution in [-0.4, -0.2) is 62.3 Å². The standard InChI is InChI=1S/C28H26ClF2N5O4/c1-15-9-24-22(13-34(15)26(38)18-5-8-23(29)19(10-18)11-32)25-27(39)35(12-20(14-37)36(25)33-24)16(2)17-3-6-21(7-4-17)40-28(30)31/h3-8,10,15-16,20,28,37H,9,12-14H2,1-2H3/t15-,16+,20+/m1/s1. The number of alkyl halides is 2. The van der Waals surface area contributed by atoms with Crippen molar-refractivity contribution in [1.29, 1.82) is 5.26 Å². The van der Waals surface area contributed by atoms with Crippen LogP contribution in [0.2, 0.25) is 5.02 Å². The fourth-order valence-electron chi connectivity index (χ4n) is 5.33. The second kappa shape index (κ2) is 10.9. The van der Waals surface area contributed by atoms with Crippen molar-refractivity contribution in [2.45, 2.75) is 51.6 Å². The molecule has 0 saturated carbocycles. The molecule has 2 aliphatic rings. The molecule has 9 nitrogen and oxygen atoms in total. The molecular formula is C28H26ClF2N5O4. The Morgan fingerprint density at radius 3 is 2.65 bits per heavy atom. The average Bonchev–Trinajstić information content (AvgIpc) is 3.31. The van der Waals surface area contributed by atoms with Crippen molar-refractivity contribution in [1.82, 2.24) is 19.6 Å². The number of hydrogen-bond acceptors (Lipinski definition) is 6. The van der Waals surface area contributed by atoms with E-state index in [4.69, 9.17) is 11.6 Å². The van der Waals surface area contributed by atoms with Crippen molar-refractivity contribution in [3.05, 3.63) is 81.1 Å². The van der Waals surface area contributed by atoms with E-state index in [1.807, 2.05) is 19.9 Å². The molecule has 0 fully saturated rings. The van der Waals surface area contributed by atoms with Crippen LogP contribution >= 0.6 is 11.6 Å². The largest absolute Gasteiger partial charge is 0.435 e. The summed E-state index contributed by atoms with van der Waals surface area (Å²) in [6.45, 7) is 0.831. The minimum absolute atomic E-state index is 0.0118. The highest BCUT2D eigenvalue weighted by atomic mass is 35.5. The first-order valence-electron chi connectivity index (χ1n) is 12.7. The molecule has 3 aromatic rings. The summed E-state index contributed by atoms with van der Waals surface area (Å²) in [6, 6.07) is 11.4. The summed E-state index contributed by atoms with van der Waals surface area (Å²) in [4.78, 5) is 30.6. The van der Waals surface area contributed by atoms with Crippen molar-refractivity contribution >= 4 is 23.4 Å². The Morgan fingerprint density at radius 2 is 2.00 bits per heavy atom. The van der Waals surface area contributed by atoms with Gasteiger partial charge in [0.25, 0.3) is 11.8 Å². The number of rotatable bonds is 6. The van der Waals surface area contributed by atoms with Gasteiger partial charge in [0, 0.05) is 30.1 Å². The van der Waals surface area contributed by atoms with Gasteiger partial charge in [-0.1, -0.05) is 23.7 Å². The quantitative estimate of drug-likeness (QED) is 0.472. The van der Waals surface area contributed by atoms with Crippen LogP contribution in [0.1, 0.15) is 69.2 Å². The molecule has 1 N–H and O–H groups in total. The van der Waals surface area contributed by atoms with Gasteiger partial charge in [-0.05, 0) is 49.7 Å². The molecule has 0 aliphatic carbocycles. The lowest BCUT2D eigenvalue weighted by Gasteiger charge is -2.38. The van der Waals surface area contributed by atoms with Crippen molar-refractivity contribution in [2.75, 3.05) is 13.2 Å². The predicted octanol–water partition coefficient (Wildman–Crippen LogP) is 4.35. The number of aliphatic hydroxyl groups is 1. The molecule has 1 aromatic heterocycles. The number of benzene rings is 2. The zero-order chi connectivity index (χ0) is 28.7. The topological polar surface area (TPSA) is 112 Å². The Hall–Kier alpha value is -4.01. The molecule has 3 heterocycles. The first-order valence-corrected chi connectivity index (χ1v) is 13.1. The smallest absolute Gasteiger partial charge is 0.387 e. The Labute approximate surface area is 234 Å². The van der Waals surface area contributed by atoms with Crippen LogP contribution in [-0.2, 0) is 13.0 Å². The third-order valence-corrected chi connectivity index (χ3v) is 7.85. The van der Waals surface area contributed by atoms with Gasteiger partial charge in [-0.25, -0.2) is 0 Å². The molecule has 208 valence electrons. The minimum Gasteiger partial charge on any atom is -0.435 e. The van der Waals surface area contributed by atoms with Crippen molar-refractivity contribution in [2.24, 2.45) is 0 Å². The number of nitrogens with zero attached hydrogens (tertiary/aromatic N) is 5. The maximum Gasteiger partial charge on any atom is 0.387 e. The molecule has 0 saturated heterocycles. The van der Waals surface area contributed by atoms with Crippen LogP contribution in [0.25, 0.3) is 0 Å². The van der Waals surface area contributed by atoms with Crippen LogP contribution in [0.5, 0.6) is 5.75 Å². The lowest BCUT2D eigenvalue weighted by molar-refractivity contribution is -0.0498. The highest BCUT2D eigenvalue weighted by Gasteiger charge is 2.41. The number of nitriles is 1. The third kappa shape index (κ3) is 4.89. The maximum atomic E-state index is 13.9. The maximum absolute atomic E-state index is 13.9. The Bertz CT molecular complexity index is 1500. The van der Waals surface area contributed by atoms with Crippen molar-refractivity contribution in [3.63, 3.8) is 0 Å². The van der Waals surface area contributed by atoms with Gasteiger partial charge in [0.1, 0.15) is 17.5 Å². The molecule has 0 bridgehead atoms. The summed E-state index contributed by atoms with van der Waals surface area (Å²) in [6.07, 6.45) is 0.409. The van der Waals surface area contributed by atoms with E-state index in [0.29, 0.717) is 34.5 Å². The number of fused-ring (bicyclic) bond motifs is 3. The number of aliphatic hydroxyl groups excluding tert-OH is 1. The van der Waals surface area contributed by atoms with E-state index in [9.17, 15) is 28.7 Å². The molecule has 2 aromatic carbocycles. The highest BCUT2D eigenvalue weighted by Crippen LogP contribution is 2.36. The van der Waals surface area contributed by atoms with Crippen molar-refractivity contribution < 1.29 is 28.2 Å². The molecule has 0 spiro atoms. The molecule has 40 heavy (non-hydrogen) atoms. The van der Waals surface area contributed by atoms with Crippen LogP contribution in [0.15, 0.2) is 42.5 Å². The molecule has 0 unspecified atom stereocenters. The highest BCUT2D eigenvalue weighted by molar-refractivity contribution is 6.31. The second-order valence-corrected chi connectivity index (χ2v) is 10.3. The van der Waals surface area contributed by atoms with Gasteiger partial charge < -0.3 is 19.6 Å². The van der Waals surface area contributed by atoms with Gasteiger partial charge in [0.2, 0.25) is 0 Å². The van der Waals surface area contributed by atoms with E-state index >= 15 is 0 Å². The van der Waals surface area contributed by atoms with E-state index in [0.717, 1.165) is 0 Å². The first kappa shape index (κ1) is 27.6. The van der Waals surface area contributed by atoms with Gasteiger partial charge in [0.15, 0.2) is 0 Å². The molecule has 2 aliphatic heterocycles. The molecule has 0 radical (unpaired) electrons. The summed E-state index contributed by atoms with van der Waals surface area (Å²) in [5, 5.41) is 24.5. The average molecular weight is 570 g/mol.